The predicted molar refractivity (Wildman–Crippen MR) is 71.7 cm³/mol. The molecule has 1 amide bonds. The van der Waals surface area contributed by atoms with E-state index < -0.39 is 0 Å². The zero-order valence-electron chi connectivity index (χ0n) is 10.7. The van der Waals surface area contributed by atoms with Crippen molar-refractivity contribution in [3.8, 4) is 11.6 Å². The van der Waals surface area contributed by atoms with E-state index in [2.05, 4.69) is 10.3 Å². The molecule has 2 rings (SSSR count). The number of nitrogens with zero attached hydrogens (tertiary/aromatic N) is 1. The lowest BCUT2D eigenvalue weighted by Crippen LogP contribution is -2.13. The number of carbonyl (C=O) groups is 1. The van der Waals surface area contributed by atoms with Crippen molar-refractivity contribution in [3.05, 3.63) is 48.2 Å². The van der Waals surface area contributed by atoms with Crippen molar-refractivity contribution in [1.29, 1.82) is 0 Å². The van der Waals surface area contributed by atoms with Crippen LogP contribution in [0.1, 0.15) is 10.4 Å². The minimum atomic E-state index is -0.246. The first-order valence-corrected chi connectivity index (χ1v) is 5.69. The van der Waals surface area contributed by atoms with Gasteiger partial charge in [0.25, 0.3) is 5.91 Å². The van der Waals surface area contributed by atoms with Crippen molar-refractivity contribution in [3.63, 3.8) is 0 Å². The molecule has 5 nitrogen and oxygen atoms in total. The van der Waals surface area contributed by atoms with Gasteiger partial charge in [-0.15, -0.1) is 0 Å². The van der Waals surface area contributed by atoms with Crippen molar-refractivity contribution >= 4 is 11.6 Å². The number of nitrogens with one attached hydrogen (secondary N) is 1. The van der Waals surface area contributed by atoms with Crippen LogP contribution in [0.25, 0.3) is 0 Å². The van der Waals surface area contributed by atoms with E-state index in [9.17, 15) is 4.79 Å². The SMILES string of the molecule is COc1ccc(NC(=O)c2ccccc2OC)cn1. The molecule has 0 radical (unpaired) electrons. The van der Waals surface area contributed by atoms with Gasteiger partial charge in [-0.3, -0.25) is 4.79 Å². The summed E-state index contributed by atoms with van der Waals surface area (Å²) in [7, 11) is 3.07. The lowest BCUT2D eigenvalue weighted by Gasteiger charge is -2.09. The first kappa shape index (κ1) is 12.9. The number of hydrogen-bond acceptors (Lipinski definition) is 4. The summed E-state index contributed by atoms with van der Waals surface area (Å²) >= 11 is 0. The van der Waals surface area contributed by atoms with Gasteiger partial charge in [0.15, 0.2) is 0 Å². The summed E-state index contributed by atoms with van der Waals surface area (Å²) in [6, 6.07) is 10.4. The number of anilines is 1. The largest absolute Gasteiger partial charge is 0.496 e. The van der Waals surface area contributed by atoms with E-state index in [1.165, 1.54) is 20.4 Å². The van der Waals surface area contributed by atoms with E-state index in [0.29, 0.717) is 22.9 Å². The molecule has 1 aromatic carbocycles. The number of rotatable bonds is 4. The Morgan fingerprint density at radius 3 is 2.53 bits per heavy atom. The van der Waals surface area contributed by atoms with Crippen LogP contribution in [-0.4, -0.2) is 25.1 Å². The zero-order chi connectivity index (χ0) is 13.7. The van der Waals surface area contributed by atoms with Gasteiger partial charge in [0.05, 0.1) is 31.7 Å². The third-order valence-electron chi connectivity index (χ3n) is 2.55. The molecule has 0 unspecified atom stereocenters. The molecule has 0 aliphatic heterocycles. The molecule has 0 atom stereocenters. The van der Waals surface area contributed by atoms with Crippen LogP contribution in [0.4, 0.5) is 5.69 Å². The Labute approximate surface area is 111 Å². The molecule has 0 bridgehead atoms. The average Bonchev–Trinajstić information content (AvgIpc) is 2.48. The van der Waals surface area contributed by atoms with E-state index >= 15 is 0 Å². The van der Waals surface area contributed by atoms with Crippen molar-refractivity contribution in [2.75, 3.05) is 19.5 Å². The van der Waals surface area contributed by atoms with Crippen LogP contribution in [0.3, 0.4) is 0 Å². The molecule has 1 heterocycles. The lowest BCUT2D eigenvalue weighted by atomic mass is 10.2. The van der Waals surface area contributed by atoms with Gasteiger partial charge in [-0.1, -0.05) is 12.1 Å². The van der Waals surface area contributed by atoms with Gasteiger partial charge < -0.3 is 14.8 Å². The number of hydrogen-bond donors (Lipinski definition) is 1. The number of benzene rings is 1. The smallest absolute Gasteiger partial charge is 0.259 e. The number of carbonyl (C=O) groups excluding carboxylic acids is 1. The number of methoxy groups -OCH3 is 2. The summed E-state index contributed by atoms with van der Waals surface area (Å²) in [4.78, 5) is 16.1. The fourth-order valence-corrected chi connectivity index (χ4v) is 1.61. The zero-order valence-corrected chi connectivity index (χ0v) is 10.7. The van der Waals surface area contributed by atoms with Crippen LogP contribution in [0.2, 0.25) is 0 Å². The summed E-state index contributed by atoms with van der Waals surface area (Å²) in [6.07, 6.45) is 1.53. The maximum Gasteiger partial charge on any atom is 0.259 e. The molecule has 2 aromatic rings. The highest BCUT2D eigenvalue weighted by Gasteiger charge is 2.11. The summed E-state index contributed by atoms with van der Waals surface area (Å²) in [5.41, 5.74) is 1.07. The number of amides is 1. The maximum atomic E-state index is 12.1. The fourth-order valence-electron chi connectivity index (χ4n) is 1.61. The Bertz CT molecular complexity index is 567. The molecule has 1 aromatic heterocycles. The quantitative estimate of drug-likeness (QED) is 0.914. The summed E-state index contributed by atoms with van der Waals surface area (Å²) in [5, 5.41) is 2.75. The lowest BCUT2D eigenvalue weighted by molar-refractivity contribution is 0.102. The molecule has 0 spiro atoms. The van der Waals surface area contributed by atoms with Gasteiger partial charge in [0.2, 0.25) is 5.88 Å². The van der Waals surface area contributed by atoms with Gasteiger partial charge in [0.1, 0.15) is 5.75 Å². The predicted octanol–water partition coefficient (Wildman–Crippen LogP) is 2.35. The highest BCUT2D eigenvalue weighted by Crippen LogP contribution is 2.19. The summed E-state index contributed by atoms with van der Waals surface area (Å²) in [6.45, 7) is 0. The number of ether oxygens (including phenoxy) is 2. The van der Waals surface area contributed by atoms with E-state index in [1.54, 1.807) is 30.3 Å². The van der Waals surface area contributed by atoms with Crippen molar-refractivity contribution in [2.45, 2.75) is 0 Å². The van der Waals surface area contributed by atoms with Crippen LogP contribution in [-0.2, 0) is 0 Å². The number of aromatic nitrogens is 1. The normalized spacial score (nSPS) is 9.79. The van der Waals surface area contributed by atoms with E-state index in [4.69, 9.17) is 9.47 Å². The Morgan fingerprint density at radius 2 is 1.89 bits per heavy atom. The second kappa shape index (κ2) is 5.86. The average molecular weight is 258 g/mol. The standard InChI is InChI=1S/C14H14N2O3/c1-18-12-6-4-3-5-11(12)14(17)16-10-7-8-13(19-2)15-9-10/h3-9H,1-2H3,(H,16,17). The van der Waals surface area contributed by atoms with Crippen LogP contribution in [0.5, 0.6) is 11.6 Å². The van der Waals surface area contributed by atoms with Crippen molar-refractivity contribution in [2.24, 2.45) is 0 Å². The topological polar surface area (TPSA) is 60.5 Å². The van der Waals surface area contributed by atoms with Crippen LogP contribution in [0, 0.1) is 0 Å². The van der Waals surface area contributed by atoms with E-state index in [1.807, 2.05) is 6.07 Å². The third-order valence-corrected chi connectivity index (χ3v) is 2.55. The molecule has 0 aliphatic carbocycles. The Balaban J connectivity index is 2.16. The van der Waals surface area contributed by atoms with Gasteiger partial charge in [-0.25, -0.2) is 4.98 Å². The molecular weight excluding hydrogens is 244 g/mol. The molecule has 1 N–H and O–H groups in total. The van der Waals surface area contributed by atoms with Crippen molar-refractivity contribution in [1.82, 2.24) is 4.98 Å². The molecule has 98 valence electrons. The number of pyridine rings is 1. The Kier molecular flexibility index (Phi) is 3.97. The molecule has 0 saturated heterocycles. The van der Waals surface area contributed by atoms with Crippen molar-refractivity contribution < 1.29 is 14.3 Å². The fraction of sp³-hybridized carbons (Fsp3) is 0.143. The second-order valence-corrected chi connectivity index (χ2v) is 3.74. The minimum Gasteiger partial charge on any atom is -0.496 e. The number of para-hydroxylation sites is 1. The van der Waals surface area contributed by atoms with Gasteiger partial charge >= 0.3 is 0 Å². The first-order chi connectivity index (χ1) is 9.24. The summed E-state index contributed by atoms with van der Waals surface area (Å²) in [5.74, 6) is 0.779. The highest BCUT2D eigenvalue weighted by molar-refractivity contribution is 6.06. The molecule has 0 aliphatic rings. The first-order valence-electron chi connectivity index (χ1n) is 5.69. The molecule has 0 fully saturated rings. The van der Waals surface area contributed by atoms with Gasteiger partial charge in [-0.05, 0) is 18.2 Å². The summed E-state index contributed by atoms with van der Waals surface area (Å²) < 4.78 is 10.1. The van der Waals surface area contributed by atoms with Gasteiger partial charge in [-0.2, -0.15) is 0 Å². The maximum absolute atomic E-state index is 12.1. The second-order valence-electron chi connectivity index (χ2n) is 3.74. The monoisotopic (exact) mass is 258 g/mol. The third kappa shape index (κ3) is 3.01. The molecule has 0 saturated carbocycles. The van der Waals surface area contributed by atoms with E-state index in [-0.39, 0.29) is 5.91 Å². The molecular formula is C14H14N2O3. The van der Waals surface area contributed by atoms with Gasteiger partial charge in [0, 0.05) is 6.07 Å². The highest BCUT2D eigenvalue weighted by atomic mass is 16.5. The van der Waals surface area contributed by atoms with E-state index in [0.717, 1.165) is 0 Å². The Morgan fingerprint density at radius 1 is 1.11 bits per heavy atom. The molecule has 19 heavy (non-hydrogen) atoms. The Hall–Kier alpha value is -2.56. The molecule has 5 heteroatoms. The van der Waals surface area contributed by atoms with Crippen LogP contribution >= 0.6 is 0 Å². The van der Waals surface area contributed by atoms with Crippen LogP contribution in [0.15, 0.2) is 42.6 Å². The van der Waals surface area contributed by atoms with Crippen LogP contribution < -0.4 is 14.8 Å². The minimum absolute atomic E-state index is 0.246.